The molecule has 170 valence electrons. The van der Waals surface area contributed by atoms with Crippen LogP contribution in [0.5, 0.6) is 0 Å². The molecule has 1 aromatic heterocycles. The Morgan fingerprint density at radius 1 is 1.28 bits per heavy atom. The van der Waals surface area contributed by atoms with Crippen LogP contribution in [0, 0.1) is 5.92 Å². The average molecular weight is 491 g/mol. The fraction of sp³-hybridized carbons (Fsp3) is 0.360. The number of hydrogen-bond donors (Lipinski definition) is 2. The maximum atomic E-state index is 12.2. The number of thiophene rings is 1. The molecule has 2 aromatic rings. The molecule has 1 saturated carbocycles. The summed E-state index contributed by atoms with van der Waals surface area (Å²) in [6.07, 6.45) is 9.50. The minimum absolute atomic E-state index is 0.0747. The number of nitrogens with one attached hydrogen (secondary N) is 1. The largest absolute Gasteiger partial charge is 0.400 e. The van der Waals surface area contributed by atoms with Crippen molar-refractivity contribution >= 4 is 57.9 Å². The van der Waals surface area contributed by atoms with Crippen molar-refractivity contribution in [2.24, 2.45) is 16.6 Å². The van der Waals surface area contributed by atoms with Gasteiger partial charge in [0.15, 0.2) is 0 Å². The molecular formula is C25H29Cl2N3OS. The molecule has 0 atom stereocenters. The van der Waals surface area contributed by atoms with Crippen LogP contribution in [0.15, 0.2) is 52.7 Å². The summed E-state index contributed by atoms with van der Waals surface area (Å²) in [6, 6.07) is 9.35. The van der Waals surface area contributed by atoms with Gasteiger partial charge in [0, 0.05) is 21.5 Å². The molecule has 1 fully saturated rings. The number of unbranched alkanes of at least 4 members (excludes halogenated alkanes) is 1. The highest BCUT2D eigenvalue weighted by molar-refractivity contribution is 7.15. The smallest absolute Gasteiger partial charge is 0.223 e. The van der Waals surface area contributed by atoms with E-state index in [2.05, 4.69) is 30.5 Å². The van der Waals surface area contributed by atoms with E-state index in [4.69, 9.17) is 33.9 Å². The van der Waals surface area contributed by atoms with Gasteiger partial charge in [0.25, 0.3) is 0 Å². The summed E-state index contributed by atoms with van der Waals surface area (Å²) in [5.74, 6) is 0.199. The number of halogens is 2. The van der Waals surface area contributed by atoms with Crippen LogP contribution in [0.4, 0.5) is 5.69 Å². The Bertz CT molecular complexity index is 1050. The van der Waals surface area contributed by atoms with Gasteiger partial charge in [0.05, 0.1) is 27.8 Å². The van der Waals surface area contributed by atoms with Crippen molar-refractivity contribution in [3.8, 4) is 0 Å². The molecule has 0 saturated heterocycles. The maximum Gasteiger partial charge on any atom is 0.223 e. The summed E-state index contributed by atoms with van der Waals surface area (Å²) < 4.78 is 0. The highest BCUT2D eigenvalue weighted by Gasteiger charge is 2.25. The van der Waals surface area contributed by atoms with E-state index in [0.29, 0.717) is 28.0 Å². The number of aliphatic imine (C=N–C) groups is 1. The number of nitrogens with zero attached hydrogens (tertiary/aromatic N) is 1. The Morgan fingerprint density at radius 2 is 2.06 bits per heavy atom. The van der Waals surface area contributed by atoms with Crippen molar-refractivity contribution in [3.63, 3.8) is 0 Å². The van der Waals surface area contributed by atoms with Gasteiger partial charge in [-0.1, -0.05) is 49.0 Å². The summed E-state index contributed by atoms with van der Waals surface area (Å²) in [4.78, 5) is 19.2. The first-order valence-corrected chi connectivity index (χ1v) is 12.5. The Hall–Kier alpha value is -2.08. The first kappa shape index (κ1) is 24.6. The topological polar surface area (TPSA) is 67.5 Å². The summed E-state index contributed by atoms with van der Waals surface area (Å²) in [5, 5.41) is 3.99. The van der Waals surface area contributed by atoms with Crippen molar-refractivity contribution in [2.75, 3.05) is 6.54 Å². The van der Waals surface area contributed by atoms with Gasteiger partial charge in [-0.2, -0.15) is 0 Å². The van der Waals surface area contributed by atoms with Crippen LogP contribution in [0.3, 0.4) is 0 Å². The predicted octanol–water partition coefficient (Wildman–Crippen LogP) is 7.14. The van der Waals surface area contributed by atoms with Crippen molar-refractivity contribution in [3.05, 3.63) is 67.5 Å². The van der Waals surface area contributed by atoms with Crippen molar-refractivity contribution < 1.29 is 4.79 Å². The molecule has 3 N–H and O–H groups in total. The molecule has 1 aliphatic carbocycles. The lowest BCUT2D eigenvalue weighted by atomic mass is 9.85. The molecule has 32 heavy (non-hydrogen) atoms. The van der Waals surface area contributed by atoms with Crippen LogP contribution < -0.4 is 11.1 Å². The van der Waals surface area contributed by atoms with E-state index in [1.807, 2.05) is 13.0 Å². The number of allylic oxidation sites excluding steroid dienone is 2. The molecule has 0 spiro atoms. The van der Waals surface area contributed by atoms with E-state index in [-0.39, 0.29) is 11.8 Å². The summed E-state index contributed by atoms with van der Waals surface area (Å²) in [7, 11) is 0. The molecule has 3 rings (SSSR count). The van der Waals surface area contributed by atoms with Crippen LogP contribution in [-0.4, -0.2) is 18.2 Å². The highest BCUT2D eigenvalue weighted by Crippen LogP contribution is 2.31. The summed E-state index contributed by atoms with van der Waals surface area (Å²) >= 11 is 14.1. The van der Waals surface area contributed by atoms with Gasteiger partial charge >= 0.3 is 0 Å². The van der Waals surface area contributed by atoms with Gasteiger partial charge < -0.3 is 11.1 Å². The fourth-order valence-electron chi connectivity index (χ4n) is 3.23. The third-order valence-electron chi connectivity index (χ3n) is 5.51. The van der Waals surface area contributed by atoms with E-state index in [1.165, 1.54) is 0 Å². The van der Waals surface area contributed by atoms with Gasteiger partial charge in [0.2, 0.25) is 5.91 Å². The monoisotopic (exact) mass is 489 g/mol. The molecule has 1 aromatic carbocycles. The number of nitrogens with two attached hydrogens (primary N) is 1. The van der Waals surface area contributed by atoms with Crippen LogP contribution in [0.25, 0.3) is 6.08 Å². The maximum absolute atomic E-state index is 12.2. The van der Waals surface area contributed by atoms with E-state index in [0.717, 1.165) is 53.1 Å². The van der Waals surface area contributed by atoms with Gasteiger partial charge in [-0.05, 0) is 68.2 Å². The van der Waals surface area contributed by atoms with E-state index in [1.54, 1.807) is 29.5 Å². The van der Waals surface area contributed by atoms with Crippen molar-refractivity contribution in [1.29, 1.82) is 0 Å². The van der Waals surface area contributed by atoms with Gasteiger partial charge in [-0.15, -0.1) is 11.3 Å². The van der Waals surface area contributed by atoms with E-state index in [9.17, 15) is 4.79 Å². The lowest BCUT2D eigenvalue weighted by Gasteiger charge is -2.24. The van der Waals surface area contributed by atoms with Crippen LogP contribution in [0.1, 0.15) is 55.7 Å². The SMILES string of the molecule is CCC/C=C/c1ccc(C(=Nc2ccc(Cl)cc2Cl)C(C)=C(N)CNC(=O)C2CCC2)s1. The number of benzene rings is 1. The Labute approximate surface area is 204 Å². The minimum Gasteiger partial charge on any atom is -0.400 e. The molecule has 0 unspecified atom stereocenters. The molecule has 0 bridgehead atoms. The second kappa shape index (κ2) is 11.7. The van der Waals surface area contributed by atoms with E-state index >= 15 is 0 Å². The second-order valence-corrected chi connectivity index (χ2v) is 9.90. The van der Waals surface area contributed by atoms with Crippen molar-refractivity contribution in [1.82, 2.24) is 5.32 Å². The summed E-state index contributed by atoms with van der Waals surface area (Å²) in [5.41, 5.74) is 9.16. The zero-order valence-electron chi connectivity index (χ0n) is 18.5. The molecule has 7 heteroatoms. The second-order valence-electron chi connectivity index (χ2n) is 7.95. The first-order valence-electron chi connectivity index (χ1n) is 10.9. The lowest BCUT2D eigenvalue weighted by Crippen LogP contribution is -2.37. The highest BCUT2D eigenvalue weighted by atomic mass is 35.5. The molecule has 0 aliphatic heterocycles. The standard InChI is InChI=1S/C25H29Cl2N3OS/c1-3-4-5-9-19-11-13-23(32-19)24(30-22-12-10-18(26)14-20(22)27)16(2)21(28)15-29-25(31)17-7-6-8-17/h5,9-14,17H,3-4,6-8,15,28H2,1-2H3,(H,29,31)/b9-5+,21-16?,30-24?. The van der Waals surface area contributed by atoms with Gasteiger partial charge in [0.1, 0.15) is 0 Å². The van der Waals surface area contributed by atoms with Crippen LogP contribution >= 0.6 is 34.5 Å². The quantitative estimate of drug-likeness (QED) is 0.367. The van der Waals surface area contributed by atoms with Crippen molar-refractivity contribution in [2.45, 2.75) is 46.0 Å². The van der Waals surface area contributed by atoms with Crippen LogP contribution in [-0.2, 0) is 4.79 Å². The Kier molecular flexibility index (Phi) is 8.97. The molecule has 1 heterocycles. The number of hydrogen-bond acceptors (Lipinski definition) is 4. The predicted molar refractivity (Wildman–Crippen MR) is 138 cm³/mol. The Morgan fingerprint density at radius 3 is 2.72 bits per heavy atom. The number of carbonyl (C=O) groups excluding carboxylic acids is 1. The molecule has 1 amide bonds. The van der Waals surface area contributed by atoms with Gasteiger partial charge in [-0.3, -0.25) is 4.79 Å². The Balaban J connectivity index is 1.92. The average Bonchev–Trinajstić information content (AvgIpc) is 3.18. The fourth-order valence-corrected chi connectivity index (χ4v) is 4.67. The normalized spacial score (nSPS) is 15.6. The van der Waals surface area contributed by atoms with E-state index < -0.39 is 0 Å². The number of carbonyl (C=O) groups is 1. The molecular weight excluding hydrogens is 461 g/mol. The summed E-state index contributed by atoms with van der Waals surface area (Å²) in [6.45, 7) is 4.38. The number of rotatable bonds is 9. The lowest BCUT2D eigenvalue weighted by molar-refractivity contribution is -0.127. The van der Waals surface area contributed by atoms with Gasteiger partial charge in [-0.25, -0.2) is 4.99 Å². The zero-order chi connectivity index (χ0) is 23.1. The first-order chi connectivity index (χ1) is 15.4. The zero-order valence-corrected chi connectivity index (χ0v) is 20.8. The third-order valence-corrected chi connectivity index (χ3v) is 7.10. The number of amides is 1. The molecule has 4 nitrogen and oxygen atoms in total. The molecule has 1 aliphatic rings. The third kappa shape index (κ3) is 6.47. The minimum atomic E-state index is 0.0747. The van der Waals surface area contributed by atoms with Crippen LogP contribution in [0.2, 0.25) is 10.0 Å². The molecule has 0 radical (unpaired) electrons.